The van der Waals surface area contributed by atoms with Crippen molar-refractivity contribution in [2.45, 2.75) is 18.4 Å². The molecule has 25 heavy (non-hydrogen) atoms. The van der Waals surface area contributed by atoms with E-state index in [-0.39, 0.29) is 0 Å². The second-order valence-electron chi connectivity index (χ2n) is 6.88. The molecule has 1 saturated heterocycles. The highest BCUT2D eigenvalue weighted by molar-refractivity contribution is 5.90. The zero-order chi connectivity index (χ0) is 16.6. The number of benzene rings is 4. The van der Waals surface area contributed by atoms with Gasteiger partial charge in [0, 0.05) is 5.92 Å². The number of ether oxygens (including phenoxy) is 1. The second-order valence-corrected chi connectivity index (χ2v) is 6.88. The number of epoxide rings is 1. The summed E-state index contributed by atoms with van der Waals surface area (Å²) in [6, 6.07) is 30.7. The van der Waals surface area contributed by atoms with Crippen LogP contribution >= 0.6 is 0 Å². The van der Waals surface area contributed by atoms with E-state index in [1.807, 2.05) is 0 Å². The fourth-order valence-corrected chi connectivity index (χ4v) is 4.00. The van der Waals surface area contributed by atoms with E-state index in [2.05, 4.69) is 84.9 Å². The van der Waals surface area contributed by atoms with Crippen LogP contribution in [0.4, 0.5) is 0 Å². The molecule has 0 spiro atoms. The molecule has 1 fully saturated rings. The zero-order valence-corrected chi connectivity index (χ0v) is 14.1. The van der Waals surface area contributed by atoms with Crippen molar-refractivity contribution in [2.24, 2.45) is 0 Å². The second kappa shape index (κ2) is 6.02. The quantitative estimate of drug-likeness (QED) is 0.425. The maximum atomic E-state index is 5.61. The van der Waals surface area contributed by atoms with Crippen LogP contribution in [0.1, 0.15) is 23.5 Å². The van der Waals surface area contributed by atoms with Crippen LogP contribution in [-0.4, -0.2) is 12.7 Å². The first kappa shape index (κ1) is 14.7. The molecule has 0 bridgehead atoms. The van der Waals surface area contributed by atoms with Crippen molar-refractivity contribution in [1.82, 2.24) is 0 Å². The standard InChI is InChI=1S/C24H20O/c1-3-11-20-17(7-1)9-5-13-22(20)24(15-19-16-25-19)23-14-6-10-18-8-2-4-12-21(18)23/h1-14,19,24H,15-16H2. The van der Waals surface area contributed by atoms with Crippen molar-refractivity contribution in [1.29, 1.82) is 0 Å². The molecule has 122 valence electrons. The van der Waals surface area contributed by atoms with Crippen LogP contribution in [0, 0.1) is 0 Å². The Morgan fingerprint density at radius 2 is 1.16 bits per heavy atom. The first-order valence-electron chi connectivity index (χ1n) is 8.97. The van der Waals surface area contributed by atoms with Crippen molar-refractivity contribution in [3.63, 3.8) is 0 Å². The third-order valence-corrected chi connectivity index (χ3v) is 5.30. The van der Waals surface area contributed by atoms with Crippen LogP contribution in [0.25, 0.3) is 21.5 Å². The minimum atomic E-state index is 0.352. The van der Waals surface area contributed by atoms with E-state index in [1.165, 1.54) is 32.7 Å². The third-order valence-electron chi connectivity index (χ3n) is 5.30. The van der Waals surface area contributed by atoms with Gasteiger partial charge >= 0.3 is 0 Å². The minimum Gasteiger partial charge on any atom is -0.373 e. The Labute approximate surface area is 147 Å². The highest BCUT2D eigenvalue weighted by Crippen LogP contribution is 2.39. The summed E-state index contributed by atoms with van der Waals surface area (Å²) in [4.78, 5) is 0. The maximum Gasteiger partial charge on any atom is 0.0819 e. The molecule has 1 unspecified atom stereocenters. The largest absolute Gasteiger partial charge is 0.373 e. The number of fused-ring (bicyclic) bond motifs is 2. The smallest absolute Gasteiger partial charge is 0.0819 e. The Kier molecular flexibility index (Phi) is 3.53. The van der Waals surface area contributed by atoms with Gasteiger partial charge in [-0.1, -0.05) is 84.9 Å². The molecule has 4 aromatic carbocycles. The third kappa shape index (κ3) is 2.71. The van der Waals surface area contributed by atoms with Crippen LogP contribution in [-0.2, 0) is 4.74 Å². The number of rotatable bonds is 4. The normalized spacial score (nSPS) is 16.6. The van der Waals surface area contributed by atoms with E-state index in [0.29, 0.717) is 12.0 Å². The molecular formula is C24H20O. The summed E-state index contributed by atoms with van der Waals surface area (Å²) in [5, 5.41) is 5.32. The fourth-order valence-electron chi connectivity index (χ4n) is 4.00. The molecule has 1 aliphatic rings. The Morgan fingerprint density at radius 1 is 0.680 bits per heavy atom. The van der Waals surface area contributed by atoms with Gasteiger partial charge in [0.1, 0.15) is 0 Å². The van der Waals surface area contributed by atoms with Crippen molar-refractivity contribution in [3.05, 3.63) is 96.1 Å². The van der Waals surface area contributed by atoms with Gasteiger partial charge in [0.15, 0.2) is 0 Å². The van der Waals surface area contributed by atoms with Crippen molar-refractivity contribution in [3.8, 4) is 0 Å². The van der Waals surface area contributed by atoms with Gasteiger partial charge in [0.2, 0.25) is 0 Å². The lowest BCUT2D eigenvalue weighted by atomic mass is 9.82. The fraction of sp³-hybridized carbons (Fsp3) is 0.167. The average Bonchev–Trinajstić information content (AvgIpc) is 3.50. The monoisotopic (exact) mass is 324 g/mol. The van der Waals surface area contributed by atoms with E-state index >= 15 is 0 Å². The topological polar surface area (TPSA) is 12.5 Å². The first-order chi connectivity index (χ1) is 12.4. The maximum absolute atomic E-state index is 5.61. The van der Waals surface area contributed by atoms with Gasteiger partial charge in [-0.05, 0) is 39.1 Å². The molecule has 1 nitrogen and oxygen atoms in total. The lowest BCUT2D eigenvalue weighted by Gasteiger charge is -2.21. The Bertz CT molecular complexity index is 956. The summed E-state index contributed by atoms with van der Waals surface area (Å²) in [6.45, 7) is 0.895. The van der Waals surface area contributed by atoms with E-state index in [1.54, 1.807) is 0 Å². The molecule has 1 aliphatic heterocycles. The van der Waals surface area contributed by atoms with E-state index < -0.39 is 0 Å². The van der Waals surface area contributed by atoms with E-state index in [4.69, 9.17) is 4.74 Å². The Hall–Kier alpha value is -2.64. The molecule has 1 heterocycles. The molecular weight excluding hydrogens is 304 g/mol. The molecule has 0 aliphatic carbocycles. The SMILES string of the molecule is c1ccc2c(C(CC3CO3)c3cccc4ccccc34)cccc2c1. The highest BCUT2D eigenvalue weighted by atomic mass is 16.6. The molecule has 1 heteroatoms. The van der Waals surface area contributed by atoms with E-state index in [9.17, 15) is 0 Å². The van der Waals surface area contributed by atoms with Crippen molar-refractivity contribution < 1.29 is 4.74 Å². The van der Waals surface area contributed by atoms with E-state index in [0.717, 1.165) is 13.0 Å². The molecule has 0 saturated carbocycles. The van der Waals surface area contributed by atoms with Gasteiger partial charge in [-0.3, -0.25) is 0 Å². The van der Waals surface area contributed by atoms with Gasteiger partial charge in [0.25, 0.3) is 0 Å². The highest BCUT2D eigenvalue weighted by Gasteiger charge is 2.29. The van der Waals surface area contributed by atoms with Crippen LogP contribution in [0.2, 0.25) is 0 Å². The van der Waals surface area contributed by atoms with Gasteiger partial charge in [-0.25, -0.2) is 0 Å². The molecule has 0 aromatic heterocycles. The van der Waals surface area contributed by atoms with Crippen LogP contribution in [0.5, 0.6) is 0 Å². The van der Waals surface area contributed by atoms with Crippen LogP contribution in [0.3, 0.4) is 0 Å². The van der Waals surface area contributed by atoms with Gasteiger partial charge in [-0.15, -0.1) is 0 Å². The predicted octanol–water partition coefficient (Wildman–Crippen LogP) is 5.91. The van der Waals surface area contributed by atoms with Crippen LogP contribution < -0.4 is 0 Å². The summed E-state index contributed by atoms with van der Waals surface area (Å²) in [5.74, 6) is 0.352. The van der Waals surface area contributed by atoms with Gasteiger partial charge < -0.3 is 4.74 Å². The summed E-state index contributed by atoms with van der Waals surface area (Å²) >= 11 is 0. The molecule has 0 N–H and O–H groups in total. The molecule has 4 aromatic rings. The predicted molar refractivity (Wildman–Crippen MR) is 104 cm³/mol. The zero-order valence-electron chi connectivity index (χ0n) is 14.1. The number of hydrogen-bond acceptors (Lipinski definition) is 1. The Morgan fingerprint density at radius 3 is 1.68 bits per heavy atom. The summed E-state index contributed by atoms with van der Waals surface area (Å²) in [5.41, 5.74) is 2.81. The van der Waals surface area contributed by atoms with Crippen LogP contribution in [0.15, 0.2) is 84.9 Å². The summed E-state index contributed by atoms with van der Waals surface area (Å²) < 4.78 is 5.61. The first-order valence-corrected chi connectivity index (χ1v) is 8.97. The summed E-state index contributed by atoms with van der Waals surface area (Å²) in [7, 11) is 0. The lowest BCUT2D eigenvalue weighted by molar-refractivity contribution is 0.389. The van der Waals surface area contributed by atoms with Gasteiger partial charge in [0.05, 0.1) is 12.7 Å². The Balaban J connectivity index is 1.74. The minimum absolute atomic E-state index is 0.352. The molecule has 0 amide bonds. The van der Waals surface area contributed by atoms with Crippen molar-refractivity contribution in [2.75, 3.05) is 6.61 Å². The number of hydrogen-bond donors (Lipinski definition) is 0. The van der Waals surface area contributed by atoms with Crippen molar-refractivity contribution >= 4 is 21.5 Å². The molecule has 1 atom stereocenters. The van der Waals surface area contributed by atoms with Gasteiger partial charge in [-0.2, -0.15) is 0 Å². The molecule has 0 radical (unpaired) electrons. The lowest BCUT2D eigenvalue weighted by Crippen LogP contribution is -2.06. The molecule has 5 rings (SSSR count). The summed E-state index contributed by atoms with van der Waals surface area (Å²) in [6.07, 6.45) is 1.44. The average molecular weight is 324 g/mol.